The lowest BCUT2D eigenvalue weighted by Crippen LogP contribution is -1.97. The summed E-state index contributed by atoms with van der Waals surface area (Å²) in [6.45, 7) is 0. The first-order valence-electron chi connectivity index (χ1n) is 7.21. The average Bonchev–Trinajstić information content (AvgIpc) is 2.85. The maximum atomic E-state index is 9.99. The molecule has 0 radical (unpaired) electrons. The van der Waals surface area contributed by atoms with E-state index >= 15 is 0 Å². The Morgan fingerprint density at radius 2 is 1.83 bits per heavy atom. The number of nitrogens with zero attached hydrogens (tertiary/aromatic N) is 3. The van der Waals surface area contributed by atoms with E-state index in [4.69, 9.17) is 5.73 Å². The maximum absolute atomic E-state index is 9.99. The summed E-state index contributed by atoms with van der Waals surface area (Å²) in [7, 11) is 1.86. The molecule has 6 heteroatoms. The molecule has 0 amide bonds. The van der Waals surface area contributed by atoms with Crippen LogP contribution in [0.15, 0.2) is 48.5 Å². The number of benzene rings is 2. The van der Waals surface area contributed by atoms with Gasteiger partial charge in [-0.1, -0.05) is 30.3 Å². The van der Waals surface area contributed by atoms with E-state index in [-0.39, 0.29) is 5.75 Å². The van der Waals surface area contributed by atoms with E-state index < -0.39 is 0 Å². The molecule has 114 valence electrons. The standard InChI is InChI=1S/C17H15N5O/c1-22-15-10-6-2-3-7-11(10)19-17(14(15)16(18)21-22)20-12-8-4-5-9-13(12)23/h2-9,23H,1H3,(H2,18,21)(H,19,20). The number of rotatable bonds is 2. The highest BCUT2D eigenvalue weighted by molar-refractivity contribution is 6.12. The van der Waals surface area contributed by atoms with Gasteiger partial charge in [0.15, 0.2) is 5.82 Å². The molecular formula is C17H15N5O. The highest BCUT2D eigenvalue weighted by Crippen LogP contribution is 2.35. The van der Waals surface area contributed by atoms with E-state index in [0.717, 1.165) is 21.8 Å². The zero-order chi connectivity index (χ0) is 16.0. The van der Waals surface area contributed by atoms with Gasteiger partial charge in [-0.3, -0.25) is 4.68 Å². The second-order valence-corrected chi connectivity index (χ2v) is 5.35. The van der Waals surface area contributed by atoms with E-state index in [1.807, 2.05) is 37.4 Å². The highest BCUT2D eigenvalue weighted by atomic mass is 16.3. The fourth-order valence-corrected chi connectivity index (χ4v) is 2.83. The van der Waals surface area contributed by atoms with Gasteiger partial charge >= 0.3 is 0 Å². The van der Waals surface area contributed by atoms with Gasteiger partial charge in [0.2, 0.25) is 0 Å². The topological polar surface area (TPSA) is 89.0 Å². The largest absolute Gasteiger partial charge is 0.506 e. The molecule has 0 atom stereocenters. The van der Waals surface area contributed by atoms with E-state index in [2.05, 4.69) is 15.4 Å². The minimum Gasteiger partial charge on any atom is -0.506 e. The molecule has 0 fully saturated rings. The van der Waals surface area contributed by atoms with Gasteiger partial charge in [0.05, 0.1) is 22.1 Å². The van der Waals surface area contributed by atoms with Gasteiger partial charge in [0.25, 0.3) is 0 Å². The van der Waals surface area contributed by atoms with Gasteiger partial charge in [0.1, 0.15) is 11.6 Å². The number of pyridine rings is 1. The van der Waals surface area contributed by atoms with Crippen LogP contribution in [0, 0.1) is 0 Å². The molecule has 2 aromatic carbocycles. The Balaban J connectivity index is 2.03. The second-order valence-electron chi connectivity index (χ2n) is 5.35. The normalized spacial score (nSPS) is 11.2. The molecule has 0 aliphatic heterocycles. The fraction of sp³-hybridized carbons (Fsp3) is 0.0588. The lowest BCUT2D eigenvalue weighted by molar-refractivity contribution is 0.478. The van der Waals surface area contributed by atoms with Crippen LogP contribution in [0.25, 0.3) is 21.8 Å². The van der Waals surface area contributed by atoms with Gasteiger partial charge in [-0.15, -0.1) is 0 Å². The van der Waals surface area contributed by atoms with Crippen molar-refractivity contribution in [1.82, 2.24) is 14.8 Å². The van der Waals surface area contributed by atoms with Crippen LogP contribution < -0.4 is 11.1 Å². The molecule has 4 rings (SSSR count). The summed E-state index contributed by atoms with van der Waals surface area (Å²) in [5, 5.41) is 19.2. The number of para-hydroxylation sites is 3. The van der Waals surface area contributed by atoms with Crippen molar-refractivity contribution < 1.29 is 5.11 Å². The summed E-state index contributed by atoms with van der Waals surface area (Å²) in [4.78, 5) is 4.66. The number of aromatic hydroxyl groups is 1. The number of aryl methyl sites for hydroxylation is 1. The average molecular weight is 305 g/mol. The molecule has 6 nitrogen and oxygen atoms in total. The number of anilines is 3. The summed E-state index contributed by atoms with van der Waals surface area (Å²) in [6, 6.07) is 14.8. The minimum absolute atomic E-state index is 0.151. The summed E-state index contributed by atoms with van der Waals surface area (Å²) in [5.41, 5.74) is 8.40. The third kappa shape index (κ3) is 2.03. The van der Waals surface area contributed by atoms with Crippen LogP contribution in [-0.2, 0) is 7.05 Å². The number of aromatic nitrogens is 3. The number of phenols is 1. The van der Waals surface area contributed by atoms with E-state index in [1.54, 1.807) is 22.9 Å². The molecule has 0 bridgehead atoms. The van der Waals surface area contributed by atoms with Crippen molar-refractivity contribution in [2.24, 2.45) is 7.05 Å². The molecule has 0 aliphatic carbocycles. The molecule has 23 heavy (non-hydrogen) atoms. The summed E-state index contributed by atoms with van der Waals surface area (Å²) >= 11 is 0. The van der Waals surface area contributed by atoms with Crippen LogP contribution in [0.3, 0.4) is 0 Å². The Morgan fingerprint density at radius 1 is 1.09 bits per heavy atom. The Hall–Kier alpha value is -3.28. The lowest BCUT2D eigenvalue weighted by atomic mass is 10.1. The van der Waals surface area contributed by atoms with Gasteiger partial charge in [-0.2, -0.15) is 5.10 Å². The zero-order valence-corrected chi connectivity index (χ0v) is 12.5. The summed E-state index contributed by atoms with van der Waals surface area (Å²) in [5.74, 6) is 1.13. The number of nitrogens with one attached hydrogen (secondary N) is 1. The molecule has 0 spiro atoms. The van der Waals surface area contributed by atoms with Gasteiger partial charge in [-0.25, -0.2) is 4.98 Å². The second kappa shape index (κ2) is 4.88. The van der Waals surface area contributed by atoms with Crippen LogP contribution in [0.2, 0.25) is 0 Å². The Kier molecular flexibility index (Phi) is 2.84. The predicted octanol–water partition coefficient (Wildman–Crippen LogP) is 3.15. The highest BCUT2D eigenvalue weighted by Gasteiger charge is 2.16. The smallest absolute Gasteiger partial charge is 0.157 e. The number of hydrogen-bond acceptors (Lipinski definition) is 5. The van der Waals surface area contributed by atoms with Crippen molar-refractivity contribution in [1.29, 1.82) is 0 Å². The zero-order valence-electron chi connectivity index (χ0n) is 12.5. The van der Waals surface area contributed by atoms with Crippen LogP contribution in [-0.4, -0.2) is 19.9 Å². The van der Waals surface area contributed by atoms with Crippen molar-refractivity contribution in [3.05, 3.63) is 48.5 Å². The van der Waals surface area contributed by atoms with Crippen molar-refractivity contribution in [2.75, 3.05) is 11.1 Å². The molecule has 0 unspecified atom stereocenters. The first kappa shape index (κ1) is 13.4. The summed E-state index contributed by atoms with van der Waals surface area (Å²) < 4.78 is 1.75. The SMILES string of the molecule is Cn1nc(N)c2c(Nc3ccccc3O)nc3ccccc3c21. The Labute approximate surface area is 132 Å². The first-order chi connectivity index (χ1) is 11.1. The predicted molar refractivity (Wildman–Crippen MR) is 91.8 cm³/mol. The molecule has 4 aromatic rings. The van der Waals surface area contributed by atoms with Crippen LogP contribution in [0.1, 0.15) is 0 Å². The number of hydrogen-bond donors (Lipinski definition) is 3. The minimum atomic E-state index is 0.151. The molecule has 0 saturated heterocycles. The third-order valence-electron chi connectivity index (χ3n) is 3.86. The fourth-order valence-electron chi connectivity index (χ4n) is 2.83. The molecule has 2 aromatic heterocycles. The number of nitrogen functional groups attached to an aromatic ring is 1. The third-order valence-corrected chi connectivity index (χ3v) is 3.86. The van der Waals surface area contributed by atoms with Gasteiger partial charge < -0.3 is 16.2 Å². The van der Waals surface area contributed by atoms with Crippen LogP contribution in [0.5, 0.6) is 5.75 Å². The molecule has 0 saturated carbocycles. The van der Waals surface area contributed by atoms with Crippen LogP contribution in [0.4, 0.5) is 17.3 Å². The molecule has 4 N–H and O–H groups in total. The van der Waals surface area contributed by atoms with Crippen molar-refractivity contribution in [3.63, 3.8) is 0 Å². The first-order valence-corrected chi connectivity index (χ1v) is 7.21. The summed E-state index contributed by atoms with van der Waals surface area (Å²) in [6.07, 6.45) is 0. The van der Waals surface area contributed by atoms with E-state index in [9.17, 15) is 5.11 Å². The van der Waals surface area contributed by atoms with Crippen molar-refractivity contribution in [2.45, 2.75) is 0 Å². The maximum Gasteiger partial charge on any atom is 0.157 e. The molecule has 2 heterocycles. The molecule has 0 aliphatic rings. The number of nitrogens with two attached hydrogens (primary N) is 1. The lowest BCUT2D eigenvalue weighted by Gasteiger charge is -2.11. The molecular weight excluding hydrogens is 290 g/mol. The van der Waals surface area contributed by atoms with E-state index in [0.29, 0.717) is 17.3 Å². The Bertz CT molecular complexity index is 1040. The van der Waals surface area contributed by atoms with Crippen molar-refractivity contribution in [3.8, 4) is 5.75 Å². The van der Waals surface area contributed by atoms with Gasteiger partial charge in [-0.05, 0) is 18.2 Å². The van der Waals surface area contributed by atoms with Crippen molar-refractivity contribution >= 4 is 39.1 Å². The number of phenolic OH excluding ortho intramolecular Hbond substituents is 1. The number of fused-ring (bicyclic) bond motifs is 3. The van der Waals surface area contributed by atoms with Crippen LogP contribution >= 0.6 is 0 Å². The quantitative estimate of drug-likeness (QED) is 0.495. The monoisotopic (exact) mass is 305 g/mol. The van der Waals surface area contributed by atoms with E-state index in [1.165, 1.54) is 0 Å². The van der Waals surface area contributed by atoms with Gasteiger partial charge in [0, 0.05) is 12.4 Å². The Morgan fingerprint density at radius 3 is 2.65 bits per heavy atom.